The Bertz CT molecular complexity index is 969. The topological polar surface area (TPSA) is 46.5 Å². The highest BCUT2D eigenvalue weighted by Gasteiger charge is 2.23. The van der Waals surface area contributed by atoms with E-state index >= 15 is 0 Å². The molecule has 0 radical (unpaired) electrons. The highest BCUT2D eigenvalue weighted by Crippen LogP contribution is 2.39. The van der Waals surface area contributed by atoms with E-state index in [0.717, 1.165) is 23.5 Å². The van der Waals surface area contributed by atoms with Crippen LogP contribution in [0.3, 0.4) is 0 Å². The summed E-state index contributed by atoms with van der Waals surface area (Å²) in [5.74, 6) is -3.49. The van der Waals surface area contributed by atoms with Crippen molar-refractivity contribution in [3.05, 3.63) is 69.6 Å². The van der Waals surface area contributed by atoms with Gasteiger partial charge in [0.1, 0.15) is 11.6 Å². The second-order valence-electron chi connectivity index (χ2n) is 5.07. The average Bonchev–Trinajstić information content (AvgIpc) is 3.08. The van der Waals surface area contributed by atoms with Gasteiger partial charge in [0.25, 0.3) is 0 Å². The fourth-order valence-electron chi connectivity index (χ4n) is 2.39. The average molecular weight is 381 g/mol. The molecule has 2 aromatic carbocycles. The number of para-hydroxylation sites is 1. The van der Waals surface area contributed by atoms with Crippen LogP contribution >= 0.6 is 22.9 Å². The lowest BCUT2D eigenvalue weighted by Gasteiger charge is -2.08. The molecular formula is C18H11ClF2O3S. The van der Waals surface area contributed by atoms with E-state index in [4.69, 9.17) is 16.3 Å². The van der Waals surface area contributed by atoms with E-state index < -0.39 is 28.7 Å². The number of ether oxygens (including phenoxy) is 1. The molecular weight excluding hydrogens is 370 g/mol. The maximum atomic E-state index is 14.0. The number of hydrogen-bond donors (Lipinski definition) is 1. The first kappa shape index (κ1) is 17.4. The first-order valence-corrected chi connectivity index (χ1v) is 8.28. The Morgan fingerprint density at radius 3 is 2.64 bits per heavy atom. The van der Waals surface area contributed by atoms with Gasteiger partial charge in [-0.25, -0.2) is 8.78 Å². The highest BCUT2D eigenvalue weighted by molar-refractivity contribution is 7.17. The van der Waals surface area contributed by atoms with Crippen LogP contribution in [0.4, 0.5) is 8.78 Å². The minimum Gasteiger partial charge on any atom is -0.505 e. The Morgan fingerprint density at radius 1 is 1.16 bits per heavy atom. The van der Waals surface area contributed by atoms with Crippen molar-refractivity contribution in [1.29, 1.82) is 0 Å². The number of ketones is 1. The van der Waals surface area contributed by atoms with Crippen molar-refractivity contribution >= 4 is 28.7 Å². The predicted molar refractivity (Wildman–Crippen MR) is 92.8 cm³/mol. The van der Waals surface area contributed by atoms with Crippen LogP contribution in [0.15, 0.2) is 42.5 Å². The number of methoxy groups -OCH3 is 1. The molecule has 0 saturated heterocycles. The number of phenolic OH excluding ortho intramolecular Hbond substituents is 1. The zero-order valence-corrected chi connectivity index (χ0v) is 14.4. The lowest BCUT2D eigenvalue weighted by atomic mass is 10.1. The molecule has 128 valence electrons. The molecule has 3 rings (SSSR count). The summed E-state index contributed by atoms with van der Waals surface area (Å²) in [6, 6.07) is 9.98. The van der Waals surface area contributed by atoms with Crippen molar-refractivity contribution in [3.63, 3.8) is 0 Å². The Hall–Kier alpha value is -2.44. The van der Waals surface area contributed by atoms with Crippen LogP contribution in [0.5, 0.6) is 11.5 Å². The molecule has 0 unspecified atom stereocenters. The highest BCUT2D eigenvalue weighted by atomic mass is 35.5. The number of carbonyl (C=O) groups is 1. The fourth-order valence-corrected chi connectivity index (χ4v) is 3.61. The lowest BCUT2D eigenvalue weighted by Crippen LogP contribution is -2.05. The maximum Gasteiger partial charge on any atom is 0.209 e. The van der Waals surface area contributed by atoms with Gasteiger partial charge < -0.3 is 9.84 Å². The van der Waals surface area contributed by atoms with Crippen molar-refractivity contribution in [2.75, 3.05) is 7.11 Å². The van der Waals surface area contributed by atoms with Gasteiger partial charge in [-0.3, -0.25) is 4.79 Å². The van der Waals surface area contributed by atoms with E-state index in [9.17, 15) is 18.7 Å². The van der Waals surface area contributed by atoms with Crippen molar-refractivity contribution in [3.8, 4) is 21.9 Å². The molecule has 1 heterocycles. The Labute approximate surface area is 151 Å². The number of thiophene rings is 1. The minimum absolute atomic E-state index is 0.125. The largest absolute Gasteiger partial charge is 0.505 e. The van der Waals surface area contributed by atoms with E-state index in [-0.39, 0.29) is 4.88 Å². The van der Waals surface area contributed by atoms with E-state index in [2.05, 4.69) is 0 Å². The quantitative estimate of drug-likeness (QED) is 0.625. The Kier molecular flexibility index (Phi) is 4.74. The summed E-state index contributed by atoms with van der Waals surface area (Å²) >= 11 is 7.14. The van der Waals surface area contributed by atoms with Gasteiger partial charge in [-0.1, -0.05) is 17.7 Å². The standard InChI is InChI=1S/C18H11ClF2O3S/c1-24-18-9(3-2-4-10(18)19)13-7-8-14(25-13)17(23)15-11(20)5-6-12(22)16(15)21/h2-8,22H,1H3. The summed E-state index contributed by atoms with van der Waals surface area (Å²) in [5.41, 5.74) is -0.123. The molecule has 25 heavy (non-hydrogen) atoms. The van der Waals surface area contributed by atoms with Crippen molar-refractivity contribution in [1.82, 2.24) is 0 Å². The van der Waals surface area contributed by atoms with E-state index in [1.807, 2.05) is 0 Å². The van der Waals surface area contributed by atoms with Crippen LogP contribution in [0.2, 0.25) is 5.02 Å². The monoisotopic (exact) mass is 380 g/mol. The van der Waals surface area contributed by atoms with E-state index in [1.165, 1.54) is 13.2 Å². The molecule has 0 bridgehead atoms. The number of hydrogen-bond acceptors (Lipinski definition) is 4. The molecule has 0 saturated carbocycles. The first-order valence-electron chi connectivity index (χ1n) is 7.08. The van der Waals surface area contributed by atoms with Crippen LogP contribution in [-0.2, 0) is 0 Å². The molecule has 3 aromatic rings. The van der Waals surface area contributed by atoms with Gasteiger partial charge in [-0.2, -0.15) is 0 Å². The Morgan fingerprint density at radius 2 is 1.92 bits per heavy atom. The molecule has 0 spiro atoms. The molecule has 0 aliphatic rings. The lowest BCUT2D eigenvalue weighted by molar-refractivity contribution is 0.103. The predicted octanol–water partition coefficient (Wildman–Crippen LogP) is 5.29. The van der Waals surface area contributed by atoms with Gasteiger partial charge in [0.2, 0.25) is 5.78 Å². The third-order valence-electron chi connectivity index (χ3n) is 3.56. The summed E-state index contributed by atoms with van der Waals surface area (Å²) in [4.78, 5) is 13.2. The normalized spacial score (nSPS) is 10.7. The zero-order chi connectivity index (χ0) is 18.1. The van der Waals surface area contributed by atoms with Gasteiger partial charge in [-0.05, 0) is 36.4 Å². The second kappa shape index (κ2) is 6.82. The molecule has 3 nitrogen and oxygen atoms in total. The van der Waals surface area contributed by atoms with Crippen LogP contribution in [0.1, 0.15) is 15.2 Å². The molecule has 1 aromatic heterocycles. The molecule has 0 aliphatic carbocycles. The van der Waals surface area contributed by atoms with Gasteiger partial charge in [0.05, 0.1) is 22.6 Å². The molecule has 0 amide bonds. The van der Waals surface area contributed by atoms with Crippen molar-refractivity contribution < 1.29 is 23.4 Å². The minimum atomic E-state index is -1.28. The first-order chi connectivity index (χ1) is 11.9. The maximum absolute atomic E-state index is 14.0. The number of rotatable bonds is 4. The molecule has 0 aliphatic heterocycles. The Balaban J connectivity index is 2.05. The molecule has 1 N–H and O–H groups in total. The third-order valence-corrected chi connectivity index (χ3v) is 4.98. The van der Waals surface area contributed by atoms with Crippen molar-refractivity contribution in [2.24, 2.45) is 0 Å². The van der Waals surface area contributed by atoms with E-state index in [0.29, 0.717) is 21.2 Å². The summed E-state index contributed by atoms with van der Waals surface area (Å²) in [6.07, 6.45) is 0. The number of carbonyl (C=O) groups excluding carboxylic acids is 1. The van der Waals surface area contributed by atoms with Gasteiger partial charge in [0, 0.05) is 10.4 Å². The van der Waals surface area contributed by atoms with Crippen LogP contribution in [-0.4, -0.2) is 18.0 Å². The van der Waals surface area contributed by atoms with Crippen LogP contribution in [0.25, 0.3) is 10.4 Å². The fraction of sp³-hybridized carbons (Fsp3) is 0.0556. The van der Waals surface area contributed by atoms with Crippen molar-refractivity contribution in [2.45, 2.75) is 0 Å². The summed E-state index contributed by atoms with van der Waals surface area (Å²) in [5, 5.41) is 9.79. The number of halogens is 3. The number of aromatic hydroxyl groups is 1. The van der Waals surface area contributed by atoms with Gasteiger partial charge in [0.15, 0.2) is 11.6 Å². The SMILES string of the molecule is COc1c(Cl)cccc1-c1ccc(C(=O)c2c(F)ccc(O)c2F)s1. The van der Waals surface area contributed by atoms with Gasteiger partial charge >= 0.3 is 0 Å². The van der Waals surface area contributed by atoms with E-state index in [1.54, 1.807) is 24.3 Å². The zero-order valence-electron chi connectivity index (χ0n) is 12.8. The number of benzene rings is 2. The summed E-state index contributed by atoms with van der Waals surface area (Å²) in [7, 11) is 1.47. The smallest absolute Gasteiger partial charge is 0.209 e. The molecule has 7 heteroatoms. The second-order valence-corrected chi connectivity index (χ2v) is 6.56. The van der Waals surface area contributed by atoms with Crippen LogP contribution in [0, 0.1) is 11.6 Å². The third kappa shape index (κ3) is 3.10. The molecule has 0 atom stereocenters. The summed E-state index contributed by atoms with van der Waals surface area (Å²) < 4.78 is 33.1. The molecule has 0 fully saturated rings. The number of phenols is 1. The van der Waals surface area contributed by atoms with Crippen LogP contribution < -0.4 is 4.74 Å². The van der Waals surface area contributed by atoms with Gasteiger partial charge in [-0.15, -0.1) is 11.3 Å². The summed E-state index contributed by atoms with van der Waals surface area (Å²) in [6.45, 7) is 0.